The first-order valence-corrected chi connectivity index (χ1v) is 10.2. The number of fused-ring (bicyclic) bond motifs is 3. The average molecular weight is 542 g/mol. The molecule has 0 N–H and O–H groups in total. The number of nitrogens with zero attached hydrogens (tertiary/aromatic N) is 4. The van der Waals surface area contributed by atoms with E-state index in [0.717, 1.165) is 24.3 Å². The molecule has 13 heteroatoms. The molecule has 0 atom stereocenters. The molecular weight excluding hydrogens is 528 g/mol. The molecule has 0 amide bonds. The van der Waals surface area contributed by atoms with Crippen LogP contribution < -0.4 is 0 Å². The molecule has 0 fully saturated rings. The topological polar surface area (TPSA) is 173 Å². The normalized spacial score (nSPS) is 10.8. The van der Waals surface area contributed by atoms with Gasteiger partial charge in [0.05, 0.1) is 43.0 Å². The van der Waals surface area contributed by atoms with E-state index in [2.05, 4.69) is 0 Å². The van der Waals surface area contributed by atoms with Crippen molar-refractivity contribution in [2.45, 2.75) is 0 Å². The van der Waals surface area contributed by atoms with Crippen LogP contribution in [0.4, 0.5) is 22.7 Å². The predicted molar refractivity (Wildman–Crippen MR) is 130 cm³/mol. The van der Waals surface area contributed by atoms with Crippen molar-refractivity contribution >= 4 is 34.4 Å². The first kappa shape index (κ1) is 26.6. The van der Waals surface area contributed by atoms with Crippen LogP contribution in [0.15, 0.2) is 78.9 Å². The van der Waals surface area contributed by atoms with Gasteiger partial charge >= 0.3 is 0 Å². The van der Waals surface area contributed by atoms with E-state index in [0.29, 0.717) is 5.56 Å². The summed E-state index contributed by atoms with van der Waals surface area (Å²) in [5, 5.41) is 46.1. The van der Waals surface area contributed by atoms with Crippen LogP contribution in [0.1, 0.15) is 16.7 Å². The van der Waals surface area contributed by atoms with Crippen LogP contribution in [-0.4, -0.2) is 19.7 Å². The van der Waals surface area contributed by atoms with Crippen LogP contribution in [-0.2, 0) is 17.1 Å². The third-order valence-electron chi connectivity index (χ3n) is 5.40. The summed E-state index contributed by atoms with van der Waals surface area (Å²) in [6.45, 7) is 0. The molecule has 12 nitrogen and oxygen atoms in total. The zero-order valence-corrected chi connectivity index (χ0v) is 19.6. The van der Waals surface area contributed by atoms with E-state index in [4.69, 9.17) is 0 Å². The number of hydrogen-bond acceptors (Lipinski definition) is 8. The Morgan fingerprint density at radius 1 is 0.622 bits per heavy atom. The molecule has 0 radical (unpaired) electrons. The van der Waals surface area contributed by atoms with Gasteiger partial charge < -0.3 is 30.3 Å². The molecule has 0 saturated carbocycles. The van der Waals surface area contributed by atoms with Gasteiger partial charge in [0, 0.05) is 29.2 Å². The second-order valence-corrected chi connectivity index (χ2v) is 7.54. The summed E-state index contributed by atoms with van der Waals surface area (Å²) in [4.78, 5) is 42.8. The van der Waals surface area contributed by atoms with Crippen LogP contribution >= 0.6 is 0 Å². The number of benzene rings is 2. The summed E-state index contributed by atoms with van der Waals surface area (Å²) in [6, 6.07) is 20.4. The Kier molecular flexibility index (Phi) is 7.71. The minimum atomic E-state index is -0.869. The first-order valence-electron chi connectivity index (χ1n) is 10.2. The van der Waals surface area contributed by atoms with Crippen molar-refractivity contribution in [1.29, 1.82) is 0 Å². The molecule has 0 aromatic heterocycles. The molecule has 0 saturated heterocycles. The van der Waals surface area contributed by atoms with E-state index in [1.165, 1.54) is 6.08 Å². The van der Waals surface area contributed by atoms with Crippen LogP contribution in [0, 0.1) is 40.5 Å². The van der Waals surface area contributed by atoms with Gasteiger partial charge in [-0.1, -0.05) is 5.57 Å². The van der Waals surface area contributed by atoms with Gasteiger partial charge in [-0.2, -0.15) is 12.1 Å². The molecule has 0 bridgehead atoms. The van der Waals surface area contributed by atoms with Crippen LogP contribution in [0.25, 0.3) is 22.8 Å². The van der Waals surface area contributed by atoms with Gasteiger partial charge in [-0.3, -0.25) is 40.5 Å². The Morgan fingerprint density at radius 3 is 1.32 bits per heavy atom. The Labute approximate surface area is 218 Å². The molecule has 0 unspecified atom stereocenters. The summed E-state index contributed by atoms with van der Waals surface area (Å²) in [7, 11) is 0. The minimum Gasteiger partial charge on any atom is -0.748 e. The smallest absolute Gasteiger partial charge is 0.284 e. The van der Waals surface area contributed by atoms with Gasteiger partial charge in [0.2, 0.25) is 0 Å². The Morgan fingerprint density at radius 2 is 1.00 bits per heavy atom. The number of nitro groups is 4. The van der Waals surface area contributed by atoms with E-state index in [9.17, 15) is 40.5 Å². The van der Waals surface area contributed by atoms with Gasteiger partial charge in [-0.15, -0.1) is 23.8 Å². The fraction of sp³-hybridized carbons (Fsp3) is 0. The predicted octanol–water partition coefficient (Wildman–Crippen LogP) is 6.01. The van der Waals surface area contributed by atoms with Crippen LogP contribution in [0.3, 0.4) is 0 Å². The van der Waals surface area contributed by atoms with Crippen molar-refractivity contribution in [2.75, 3.05) is 0 Å². The summed E-state index contributed by atoms with van der Waals surface area (Å²) in [5.74, 6) is 0. The fourth-order valence-corrected chi connectivity index (χ4v) is 3.95. The maximum absolute atomic E-state index is 11.7. The molecule has 192 valence electrons. The van der Waals surface area contributed by atoms with E-state index < -0.39 is 42.4 Å². The van der Waals surface area contributed by atoms with E-state index in [-0.39, 0.29) is 44.9 Å². The summed E-state index contributed by atoms with van der Waals surface area (Å²) < 4.78 is 0. The number of hydrogen-bond donors (Lipinski definition) is 0. The van der Waals surface area contributed by atoms with Gasteiger partial charge in [-0.25, -0.2) is 0 Å². The molecule has 0 spiro atoms. The second kappa shape index (κ2) is 10.7. The van der Waals surface area contributed by atoms with Crippen molar-refractivity contribution in [3.63, 3.8) is 0 Å². The van der Waals surface area contributed by atoms with Crippen molar-refractivity contribution in [3.8, 4) is 11.1 Å². The quantitative estimate of drug-likeness (QED) is 0.112. The molecular formula is C24H14FeN4O8-6. The number of rotatable bonds is 5. The monoisotopic (exact) mass is 542 g/mol. The van der Waals surface area contributed by atoms with E-state index in [1.54, 1.807) is 24.3 Å². The SMILES string of the molecule is O=[N+]([O-])c1cc2c(c([N+](=O)[O-])c1)-c1c(cc([N+](=O)[O-])cc1[N+](=O)[O-])C2=C[c-]1cccc1.[Fe].[cH-]1[cH-][cH-][cH-][cH-]1. The second-order valence-electron chi connectivity index (χ2n) is 7.54. The Balaban J connectivity index is 0.000000568. The molecule has 4 aromatic carbocycles. The first-order chi connectivity index (χ1) is 17.2. The van der Waals surface area contributed by atoms with Gasteiger partial charge in [-0.05, 0) is 11.1 Å². The molecule has 0 aliphatic heterocycles. The zero-order chi connectivity index (χ0) is 26.0. The van der Waals surface area contributed by atoms with E-state index in [1.807, 2.05) is 30.3 Å². The maximum atomic E-state index is 11.7. The van der Waals surface area contributed by atoms with Crippen molar-refractivity contribution in [3.05, 3.63) is 136 Å². The van der Waals surface area contributed by atoms with Crippen molar-refractivity contribution in [1.82, 2.24) is 0 Å². The largest absolute Gasteiger partial charge is 0.748 e. The summed E-state index contributed by atoms with van der Waals surface area (Å²) >= 11 is 0. The van der Waals surface area contributed by atoms with Gasteiger partial charge in [0.25, 0.3) is 22.7 Å². The van der Waals surface area contributed by atoms with Crippen molar-refractivity contribution in [2.24, 2.45) is 0 Å². The molecule has 1 aliphatic rings. The number of nitro benzene ring substituents is 4. The fourth-order valence-electron chi connectivity index (χ4n) is 3.95. The zero-order valence-electron chi connectivity index (χ0n) is 18.5. The van der Waals surface area contributed by atoms with Gasteiger partial charge in [0.1, 0.15) is 0 Å². The molecule has 0 heterocycles. The Hall–Kier alpha value is -5.00. The van der Waals surface area contributed by atoms with Crippen LogP contribution in [0.2, 0.25) is 0 Å². The molecule has 5 rings (SSSR count). The maximum Gasteiger partial charge on any atom is 0.284 e. The van der Waals surface area contributed by atoms with Crippen molar-refractivity contribution < 1.29 is 36.8 Å². The standard InChI is InChI=1S/C19H9N4O8.C5H5.Fe/c24-20(25)11-6-14-13(5-10-3-1-2-4-10)15-7-12(21(26)27)9-17(23(30)31)19(15)18(14)16(8-11)22(28)29;1-2-4-5-3-1;/h1-9H;1-5H;/q-1;-5;. The summed E-state index contributed by atoms with van der Waals surface area (Å²) in [6.07, 6.45) is 1.52. The molecule has 4 aromatic rings. The van der Waals surface area contributed by atoms with E-state index >= 15 is 0 Å². The average Bonchev–Trinajstić information content (AvgIpc) is 3.61. The van der Waals surface area contributed by atoms with Crippen LogP contribution in [0.5, 0.6) is 0 Å². The third-order valence-corrected chi connectivity index (χ3v) is 5.40. The molecule has 37 heavy (non-hydrogen) atoms. The Bertz CT molecular complexity index is 1440. The third kappa shape index (κ3) is 5.17. The minimum absolute atomic E-state index is 0. The number of non-ortho nitro benzene ring substituents is 2. The summed E-state index contributed by atoms with van der Waals surface area (Å²) in [5.41, 5.74) is -2.13. The van der Waals surface area contributed by atoms with Gasteiger partial charge in [0.15, 0.2) is 0 Å². The molecule has 1 aliphatic carbocycles.